The van der Waals surface area contributed by atoms with Crippen LogP contribution in [0, 0.1) is 5.92 Å². The number of nitrogens with zero attached hydrogens (tertiary/aromatic N) is 3. The van der Waals surface area contributed by atoms with Crippen molar-refractivity contribution in [3.8, 4) is 0 Å². The van der Waals surface area contributed by atoms with E-state index in [9.17, 15) is 4.79 Å². The number of rotatable bonds is 4. The van der Waals surface area contributed by atoms with Crippen molar-refractivity contribution in [2.75, 3.05) is 18.5 Å². The predicted molar refractivity (Wildman–Crippen MR) is 57.1 cm³/mol. The van der Waals surface area contributed by atoms with Gasteiger partial charge in [0.25, 0.3) is 0 Å². The third-order valence-corrected chi connectivity index (χ3v) is 1.87. The maximum atomic E-state index is 10.6. The number of aromatic nitrogens is 2. The van der Waals surface area contributed by atoms with Gasteiger partial charge in [-0.05, 0) is 5.92 Å². The molecular weight excluding hydrogens is 194 g/mol. The van der Waals surface area contributed by atoms with Crippen LogP contribution in [0.1, 0.15) is 24.2 Å². The quantitative estimate of drug-likeness (QED) is 0.808. The molecule has 1 aromatic heterocycles. The largest absolute Gasteiger partial charge is 0.478 e. The highest BCUT2D eigenvalue weighted by molar-refractivity contribution is 5.86. The normalized spacial score (nSPS) is 10.4. The van der Waals surface area contributed by atoms with Gasteiger partial charge in [-0.1, -0.05) is 13.8 Å². The molecular formula is C10H15N3O2. The molecule has 0 aliphatic carbocycles. The number of carboxylic acid groups (broad SMARTS) is 1. The minimum atomic E-state index is -1.01. The van der Waals surface area contributed by atoms with Crippen LogP contribution in [0.4, 0.5) is 5.95 Å². The van der Waals surface area contributed by atoms with Gasteiger partial charge in [0.15, 0.2) is 0 Å². The van der Waals surface area contributed by atoms with Gasteiger partial charge in [0.05, 0.1) is 5.56 Å². The van der Waals surface area contributed by atoms with Gasteiger partial charge in [0.1, 0.15) is 0 Å². The van der Waals surface area contributed by atoms with E-state index in [-0.39, 0.29) is 5.56 Å². The second-order valence-electron chi connectivity index (χ2n) is 3.85. The predicted octanol–water partition coefficient (Wildman–Crippen LogP) is 1.27. The highest BCUT2D eigenvalue weighted by Crippen LogP contribution is 2.07. The second kappa shape index (κ2) is 4.72. The molecule has 0 aliphatic heterocycles. The van der Waals surface area contributed by atoms with E-state index in [2.05, 4.69) is 23.8 Å². The number of hydrogen-bond donors (Lipinski definition) is 1. The molecule has 82 valence electrons. The van der Waals surface area contributed by atoms with E-state index in [4.69, 9.17) is 5.11 Å². The Balaban J connectivity index is 2.75. The Hall–Kier alpha value is -1.65. The van der Waals surface area contributed by atoms with Gasteiger partial charge >= 0.3 is 5.97 Å². The van der Waals surface area contributed by atoms with E-state index in [1.807, 2.05) is 11.9 Å². The zero-order valence-electron chi connectivity index (χ0n) is 9.14. The zero-order chi connectivity index (χ0) is 11.4. The maximum absolute atomic E-state index is 10.6. The highest BCUT2D eigenvalue weighted by atomic mass is 16.4. The van der Waals surface area contributed by atoms with Crippen molar-refractivity contribution in [3.63, 3.8) is 0 Å². The van der Waals surface area contributed by atoms with Crippen LogP contribution < -0.4 is 4.90 Å². The lowest BCUT2D eigenvalue weighted by Gasteiger charge is -2.18. The van der Waals surface area contributed by atoms with Gasteiger partial charge in [-0.2, -0.15) is 0 Å². The Kier molecular flexibility index (Phi) is 3.60. The fraction of sp³-hybridized carbons (Fsp3) is 0.500. The first-order valence-corrected chi connectivity index (χ1v) is 4.77. The molecule has 1 rings (SSSR count). The van der Waals surface area contributed by atoms with E-state index in [1.165, 1.54) is 12.4 Å². The van der Waals surface area contributed by atoms with E-state index in [0.29, 0.717) is 11.9 Å². The number of anilines is 1. The standard InChI is InChI=1S/C10H15N3O2/c1-7(2)6-13(3)10-11-4-8(5-12-10)9(14)15/h4-5,7H,6H2,1-3H3,(H,14,15). The molecule has 0 spiro atoms. The summed E-state index contributed by atoms with van der Waals surface area (Å²) in [6.07, 6.45) is 2.64. The van der Waals surface area contributed by atoms with Gasteiger partial charge in [-0.15, -0.1) is 0 Å². The first-order valence-electron chi connectivity index (χ1n) is 4.77. The molecule has 0 unspecified atom stereocenters. The van der Waals surface area contributed by atoms with Crippen molar-refractivity contribution < 1.29 is 9.90 Å². The summed E-state index contributed by atoms with van der Waals surface area (Å²) in [5.74, 6) is 0.0551. The van der Waals surface area contributed by atoms with Gasteiger partial charge < -0.3 is 10.0 Å². The molecule has 15 heavy (non-hydrogen) atoms. The zero-order valence-corrected chi connectivity index (χ0v) is 9.14. The van der Waals surface area contributed by atoms with E-state index < -0.39 is 5.97 Å². The monoisotopic (exact) mass is 209 g/mol. The number of carbonyl (C=O) groups is 1. The SMILES string of the molecule is CC(C)CN(C)c1ncc(C(=O)O)cn1. The smallest absolute Gasteiger partial charge is 0.338 e. The Morgan fingerprint density at radius 2 is 2.00 bits per heavy atom. The fourth-order valence-corrected chi connectivity index (χ4v) is 1.26. The molecule has 1 N–H and O–H groups in total. The third-order valence-electron chi connectivity index (χ3n) is 1.87. The molecule has 0 amide bonds. The lowest BCUT2D eigenvalue weighted by molar-refractivity contribution is 0.0696. The van der Waals surface area contributed by atoms with Crippen LogP contribution in [0.5, 0.6) is 0 Å². The van der Waals surface area contributed by atoms with Crippen molar-refractivity contribution in [3.05, 3.63) is 18.0 Å². The van der Waals surface area contributed by atoms with Gasteiger partial charge in [0.2, 0.25) is 5.95 Å². The molecule has 1 aromatic rings. The molecule has 5 heteroatoms. The summed E-state index contributed by atoms with van der Waals surface area (Å²) in [6, 6.07) is 0. The Labute approximate surface area is 88.8 Å². The topological polar surface area (TPSA) is 66.3 Å². The van der Waals surface area contributed by atoms with Crippen molar-refractivity contribution in [1.29, 1.82) is 0 Å². The van der Waals surface area contributed by atoms with E-state index in [1.54, 1.807) is 0 Å². The molecule has 5 nitrogen and oxygen atoms in total. The summed E-state index contributed by atoms with van der Waals surface area (Å²) in [4.78, 5) is 20.4. The van der Waals surface area contributed by atoms with Crippen LogP contribution in [-0.2, 0) is 0 Å². The summed E-state index contributed by atoms with van der Waals surface area (Å²) in [5, 5.41) is 8.67. The summed E-state index contributed by atoms with van der Waals surface area (Å²) in [5.41, 5.74) is 0.108. The number of hydrogen-bond acceptors (Lipinski definition) is 4. The van der Waals surface area contributed by atoms with E-state index in [0.717, 1.165) is 6.54 Å². The first kappa shape index (κ1) is 11.4. The van der Waals surface area contributed by atoms with E-state index >= 15 is 0 Å². The Bertz CT molecular complexity index is 335. The van der Waals surface area contributed by atoms with Crippen molar-refractivity contribution >= 4 is 11.9 Å². The summed E-state index contributed by atoms with van der Waals surface area (Å²) in [7, 11) is 1.88. The van der Waals surface area contributed by atoms with Crippen molar-refractivity contribution in [2.45, 2.75) is 13.8 Å². The highest BCUT2D eigenvalue weighted by Gasteiger charge is 2.08. The minimum absolute atomic E-state index is 0.108. The molecule has 0 radical (unpaired) electrons. The lowest BCUT2D eigenvalue weighted by Crippen LogP contribution is -2.24. The van der Waals surface area contributed by atoms with Crippen molar-refractivity contribution in [1.82, 2.24) is 9.97 Å². The first-order chi connectivity index (χ1) is 7.00. The lowest BCUT2D eigenvalue weighted by atomic mass is 10.2. The van der Waals surface area contributed by atoms with Crippen molar-refractivity contribution in [2.24, 2.45) is 5.92 Å². The molecule has 0 aliphatic rings. The average Bonchev–Trinajstić information content (AvgIpc) is 2.17. The van der Waals surface area contributed by atoms with Crippen LogP contribution in [0.3, 0.4) is 0 Å². The average molecular weight is 209 g/mol. The molecule has 0 aromatic carbocycles. The minimum Gasteiger partial charge on any atom is -0.478 e. The fourth-order valence-electron chi connectivity index (χ4n) is 1.26. The molecule has 0 saturated heterocycles. The third kappa shape index (κ3) is 3.19. The van der Waals surface area contributed by atoms with Crippen LogP contribution in [-0.4, -0.2) is 34.6 Å². The molecule has 1 heterocycles. The van der Waals surface area contributed by atoms with Gasteiger partial charge in [-0.25, -0.2) is 14.8 Å². The van der Waals surface area contributed by atoms with Crippen LogP contribution in [0.15, 0.2) is 12.4 Å². The maximum Gasteiger partial charge on any atom is 0.338 e. The molecule has 0 bridgehead atoms. The van der Waals surface area contributed by atoms with Gasteiger partial charge in [0, 0.05) is 26.0 Å². The number of aromatic carboxylic acids is 1. The second-order valence-corrected chi connectivity index (χ2v) is 3.85. The van der Waals surface area contributed by atoms with Crippen LogP contribution in [0.25, 0.3) is 0 Å². The molecule has 0 fully saturated rings. The number of carboxylic acids is 1. The molecule has 0 atom stereocenters. The summed E-state index contributed by atoms with van der Waals surface area (Å²) in [6.45, 7) is 5.04. The van der Waals surface area contributed by atoms with Gasteiger partial charge in [-0.3, -0.25) is 0 Å². The summed E-state index contributed by atoms with van der Waals surface area (Å²) >= 11 is 0. The van der Waals surface area contributed by atoms with Crippen LogP contribution in [0.2, 0.25) is 0 Å². The molecule has 0 saturated carbocycles. The Morgan fingerprint density at radius 1 is 1.47 bits per heavy atom. The van der Waals surface area contributed by atoms with Crippen LogP contribution >= 0.6 is 0 Å². The Morgan fingerprint density at radius 3 is 2.40 bits per heavy atom. The summed E-state index contributed by atoms with van der Waals surface area (Å²) < 4.78 is 0.